The number of nitrogens with two attached hydrogens (primary N) is 1. The highest BCUT2D eigenvalue weighted by atomic mass is 19.1. The van der Waals surface area contributed by atoms with Crippen molar-refractivity contribution in [2.75, 3.05) is 19.0 Å². The van der Waals surface area contributed by atoms with Crippen molar-refractivity contribution in [1.29, 1.82) is 0 Å². The lowest BCUT2D eigenvalue weighted by atomic mass is 10.1. The van der Waals surface area contributed by atoms with E-state index in [-0.39, 0.29) is 24.1 Å². The van der Waals surface area contributed by atoms with E-state index >= 15 is 0 Å². The number of nitrogen functional groups attached to an aromatic ring is 1. The molecule has 1 aliphatic rings. The summed E-state index contributed by atoms with van der Waals surface area (Å²) in [5.41, 5.74) is 4.39. The first-order valence-electron chi connectivity index (χ1n) is 6.17. The SMILES string of the molecule is Nc1nc(=O)n(C2OC(CO)C(=CF)C2F)cc1CCF. The maximum atomic E-state index is 14.1. The van der Waals surface area contributed by atoms with Crippen molar-refractivity contribution >= 4 is 5.82 Å². The second kappa shape index (κ2) is 6.27. The number of ether oxygens (including phenoxy) is 1. The van der Waals surface area contributed by atoms with Crippen molar-refractivity contribution in [2.24, 2.45) is 0 Å². The molecule has 1 fully saturated rings. The minimum absolute atomic E-state index is 0.00376. The number of hydrogen-bond donors (Lipinski definition) is 2. The number of halogens is 3. The quantitative estimate of drug-likeness (QED) is 0.841. The zero-order valence-electron chi connectivity index (χ0n) is 10.9. The van der Waals surface area contributed by atoms with E-state index in [0.717, 1.165) is 10.8 Å². The van der Waals surface area contributed by atoms with Gasteiger partial charge in [-0.3, -0.25) is 8.96 Å². The summed E-state index contributed by atoms with van der Waals surface area (Å²) >= 11 is 0. The summed E-state index contributed by atoms with van der Waals surface area (Å²) in [4.78, 5) is 15.2. The fourth-order valence-electron chi connectivity index (χ4n) is 2.14. The summed E-state index contributed by atoms with van der Waals surface area (Å²) in [6, 6.07) is 0. The highest BCUT2D eigenvalue weighted by Crippen LogP contribution is 2.35. The topological polar surface area (TPSA) is 90.4 Å². The molecule has 3 unspecified atom stereocenters. The van der Waals surface area contributed by atoms with Gasteiger partial charge >= 0.3 is 5.69 Å². The van der Waals surface area contributed by atoms with Crippen LogP contribution in [0.4, 0.5) is 19.0 Å². The zero-order chi connectivity index (χ0) is 15.6. The number of alkyl halides is 2. The normalized spacial score (nSPS) is 27.4. The molecule has 1 aliphatic heterocycles. The van der Waals surface area contributed by atoms with Crippen LogP contribution in [0.2, 0.25) is 0 Å². The van der Waals surface area contributed by atoms with Crippen LogP contribution in [0.15, 0.2) is 22.9 Å². The molecule has 9 heteroatoms. The molecule has 0 saturated carbocycles. The maximum Gasteiger partial charge on any atom is 0.351 e. The molecule has 1 aromatic heterocycles. The van der Waals surface area contributed by atoms with Gasteiger partial charge in [0.05, 0.1) is 19.6 Å². The van der Waals surface area contributed by atoms with E-state index in [1.54, 1.807) is 0 Å². The summed E-state index contributed by atoms with van der Waals surface area (Å²) < 4.78 is 45.1. The molecule has 0 amide bonds. The van der Waals surface area contributed by atoms with E-state index in [1.807, 2.05) is 0 Å². The Morgan fingerprint density at radius 3 is 2.81 bits per heavy atom. The minimum atomic E-state index is -1.96. The summed E-state index contributed by atoms with van der Waals surface area (Å²) in [6.07, 6.45) is -3.60. The van der Waals surface area contributed by atoms with Gasteiger partial charge in [-0.2, -0.15) is 4.98 Å². The predicted octanol–water partition coefficient (Wildman–Crippen LogP) is 0.419. The Morgan fingerprint density at radius 2 is 2.29 bits per heavy atom. The number of aryl methyl sites for hydroxylation is 1. The summed E-state index contributed by atoms with van der Waals surface area (Å²) in [5, 5.41) is 9.03. The third-order valence-electron chi connectivity index (χ3n) is 3.23. The van der Waals surface area contributed by atoms with Gasteiger partial charge in [0.25, 0.3) is 0 Å². The van der Waals surface area contributed by atoms with Gasteiger partial charge in [0.15, 0.2) is 12.4 Å². The summed E-state index contributed by atoms with van der Waals surface area (Å²) in [6.45, 7) is -1.37. The fourth-order valence-corrected chi connectivity index (χ4v) is 2.14. The molecule has 2 heterocycles. The molecule has 6 nitrogen and oxygen atoms in total. The second-order valence-corrected chi connectivity index (χ2v) is 4.49. The van der Waals surface area contributed by atoms with Gasteiger partial charge in [0, 0.05) is 23.8 Å². The second-order valence-electron chi connectivity index (χ2n) is 4.49. The van der Waals surface area contributed by atoms with Crippen LogP contribution in [0, 0.1) is 0 Å². The van der Waals surface area contributed by atoms with E-state index in [2.05, 4.69) is 4.98 Å². The van der Waals surface area contributed by atoms with Crippen molar-refractivity contribution in [1.82, 2.24) is 9.55 Å². The Bertz CT molecular complexity index is 605. The lowest BCUT2D eigenvalue weighted by Crippen LogP contribution is -2.32. The van der Waals surface area contributed by atoms with Crippen molar-refractivity contribution in [3.05, 3.63) is 34.1 Å². The fraction of sp³-hybridized carbons (Fsp3) is 0.500. The number of rotatable bonds is 4. The van der Waals surface area contributed by atoms with E-state index in [4.69, 9.17) is 15.6 Å². The number of aromatic nitrogens is 2. The van der Waals surface area contributed by atoms with Crippen LogP contribution in [-0.2, 0) is 11.2 Å². The third kappa shape index (κ3) is 2.79. The van der Waals surface area contributed by atoms with Crippen molar-refractivity contribution in [3.63, 3.8) is 0 Å². The van der Waals surface area contributed by atoms with Crippen molar-refractivity contribution in [2.45, 2.75) is 24.9 Å². The highest BCUT2D eigenvalue weighted by Gasteiger charge is 2.42. The molecule has 3 atom stereocenters. The van der Waals surface area contributed by atoms with Crippen LogP contribution >= 0.6 is 0 Å². The molecule has 1 aromatic rings. The van der Waals surface area contributed by atoms with Crippen molar-refractivity contribution < 1.29 is 23.0 Å². The summed E-state index contributed by atoms with van der Waals surface area (Å²) in [7, 11) is 0. The molecule has 2 rings (SSSR count). The Balaban J connectivity index is 2.42. The maximum absolute atomic E-state index is 14.1. The molecule has 3 N–H and O–H groups in total. The Morgan fingerprint density at radius 1 is 1.57 bits per heavy atom. The van der Waals surface area contributed by atoms with Crippen molar-refractivity contribution in [3.8, 4) is 0 Å². The van der Waals surface area contributed by atoms with Gasteiger partial charge in [-0.25, -0.2) is 13.6 Å². The van der Waals surface area contributed by atoms with Crippen LogP contribution in [-0.4, -0.2) is 40.2 Å². The number of anilines is 1. The number of hydrogen-bond acceptors (Lipinski definition) is 5. The average Bonchev–Trinajstić information content (AvgIpc) is 2.78. The van der Waals surface area contributed by atoms with E-state index in [1.165, 1.54) is 0 Å². The molecular weight excluding hydrogens is 291 g/mol. The van der Waals surface area contributed by atoms with Gasteiger partial charge < -0.3 is 15.6 Å². The first-order chi connectivity index (χ1) is 10.0. The Hall–Kier alpha value is -1.87. The summed E-state index contributed by atoms with van der Waals surface area (Å²) in [5.74, 6) is -0.151. The predicted molar refractivity (Wildman–Crippen MR) is 67.7 cm³/mol. The minimum Gasteiger partial charge on any atom is -0.393 e. The van der Waals surface area contributed by atoms with E-state index < -0.39 is 43.0 Å². The Kier molecular flexibility index (Phi) is 4.63. The monoisotopic (exact) mass is 305 g/mol. The number of nitrogens with zero attached hydrogens (tertiary/aromatic N) is 2. The number of aliphatic hydroxyl groups excluding tert-OH is 1. The molecule has 1 saturated heterocycles. The van der Waals surface area contributed by atoms with Crippen LogP contribution in [0.25, 0.3) is 0 Å². The lowest BCUT2D eigenvalue weighted by Gasteiger charge is -2.17. The lowest BCUT2D eigenvalue weighted by molar-refractivity contribution is -0.0376. The van der Waals surface area contributed by atoms with Gasteiger partial charge in [-0.05, 0) is 0 Å². The largest absolute Gasteiger partial charge is 0.393 e. The smallest absolute Gasteiger partial charge is 0.351 e. The van der Waals surface area contributed by atoms with Gasteiger partial charge in [0.2, 0.25) is 0 Å². The van der Waals surface area contributed by atoms with Crippen LogP contribution < -0.4 is 11.4 Å². The zero-order valence-corrected chi connectivity index (χ0v) is 10.9. The van der Waals surface area contributed by atoms with Gasteiger partial charge in [0.1, 0.15) is 11.9 Å². The molecule has 0 radical (unpaired) electrons. The van der Waals surface area contributed by atoms with Gasteiger partial charge in [-0.15, -0.1) is 0 Å². The van der Waals surface area contributed by atoms with E-state index in [0.29, 0.717) is 0 Å². The third-order valence-corrected chi connectivity index (χ3v) is 3.23. The molecule has 0 spiro atoms. The standard InChI is InChI=1S/C12H14F3N3O3/c13-2-1-6-4-18(12(20)17-10(6)16)11-9(15)7(3-14)8(5-19)21-11/h3-4,8-9,11,19H,1-2,5H2,(H2,16,17,20). The number of aliphatic hydroxyl groups is 1. The molecule has 21 heavy (non-hydrogen) atoms. The van der Waals surface area contributed by atoms with Crippen LogP contribution in [0.3, 0.4) is 0 Å². The van der Waals surface area contributed by atoms with Crippen LogP contribution in [0.5, 0.6) is 0 Å². The first kappa shape index (κ1) is 15.5. The molecule has 116 valence electrons. The molecular formula is C12H14F3N3O3. The average molecular weight is 305 g/mol. The van der Waals surface area contributed by atoms with E-state index in [9.17, 15) is 18.0 Å². The van der Waals surface area contributed by atoms with Gasteiger partial charge in [-0.1, -0.05) is 0 Å². The highest BCUT2D eigenvalue weighted by molar-refractivity contribution is 5.37. The first-order valence-corrected chi connectivity index (χ1v) is 6.17. The molecule has 0 aromatic carbocycles. The van der Waals surface area contributed by atoms with Crippen LogP contribution in [0.1, 0.15) is 11.8 Å². The molecule has 0 bridgehead atoms. The Labute approximate surface area is 117 Å². The molecule has 0 aliphatic carbocycles.